The molecule has 130 valence electrons. The Balaban J connectivity index is 2.20. The van der Waals surface area contributed by atoms with Gasteiger partial charge in [0, 0.05) is 20.0 Å². The molecule has 1 aromatic rings. The predicted molar refractivity (Wildman–Crippen MR) is 91.2 cm³/mol. The second-order valence-corrected chi connectivity index (χ2v) is 7.73. The number of carbonyl (C=O) groups excluding carboxylic acids is 2. The number of hydrogen-bond donors (Lipinski definition) is 2. The molecule has 1 aliphatic rings. The SMILES string of the molecule is CNS(=O)(=O)C1CCN(C(=O)/C(=C\c2ccccc2)NC(C)=O)C1. The quantitative estimate of drug-likeness (QED) is 0.747. The summed E-state index contributed by atoms with van der Waals surface area (Å²) in [6.45, 7) is 1.76. The molecule has 0 spiro atoms. The van der Waals surface area contributed by atoms with Crippen molar-refractivity contribution in [3.8, 4) is 0 Å². The monoisotopic (exact) mass is 351 g/mol. The van der Waals surface area contributed by atoms with Gasteiger partial charge in [-0.15, -0.1) is 0 Å². The first-order valence-electron chi connectivity index (χ1n) is 7.59. The van der Waals surface area contributed by atoms with Crippen molar-refractivity contribution in [1.29, 1.82) is 0 Å². The van der Waals surface area contributed by atoms with E-state index in [0.29, 0.717) is 13.0 Å². The molecule has 1 heterocycles. The first-order chi connectivity index (χ1) is 11.3. The Kier molecular flexibility index (Phi) is 5.74. The van der Waals surface area contributed by atoms with E-state index in [0.717, 1.165) is 5.56 Å². The summed E-state index contributed by atoms with van der Waals surface area (Å²) >= 11 is 0. The maximum Gasteiger partial charge on any atom is 0.270 e. The van der Waals surface area contributed by atoms with Gasteiger partial charge in [0.05, 0.1) is 5.25 Å². The maximum atomic E-state index is 12.7. The summed E-state index contributed by atoms with van der Waals surface area (Å²) < 4.78 is 26.0. The molecule has 0 bridgehead atoms. The highest BCUT2D eigenvalue weighted by atomic mass is 32.2. The highest BCUT2D eigenvalue weighted by Crippen LogP contribution is 2.18. The minimum absolute atomic E-state index is 0.105. The topological polar surface area (TPSA) is 95.6 Å². The van der Waals surface area contributed by atoms with Crippen LogP contribution >= 0.6 is 0 Å². The van der Waals surface area contributed by atoms with Crippen molar-refractivity contribution in [3.63, 3.8) is 0 Å². The molecular formula is C16H21N3O4S. The summed E-state index contributed by atoms with van der Waals surface area (Å²) in [5.41, 5.74) is 0.907. The van der Waals surface area contributed by atoms with Crippen LogP contribution in [0.3, 0.4) is 0 Å². The Labute approximate surface area is 141 Å². The van der Waals surface area contributed by atoms with Crippen LogP contribution in [-0.2, 0) is 19.6 Å². The van der Waals surface area contributed by atoms with Crippen molar-refractivity contribution in [2.45, 2.75) is 18.6 Å². The standard InChI is InChI=1S/C16H21N3O4S/c1-12(20)18-15(10-13-6-4-3-5-7-13)16(21)19-9-8-14(11-19)24(22,23)17-2/h3-7,10,14,17H,8-9,11H2,1-2H3,(H,18,20)/b15-10+. The van der Waals surface area contributed by atoms with E-state index in [4.69, 9.17) is 0 Å². The summed E-state index contributed by atoms with van der Waals surface area (Å²) in [6, 6.07) is 9.13. The summed E-state index contributed by atoms with van der Waals surface area (Å²) in [5, 5.41) is 1.90. The lowest BCUT2D eigenvalue weighted by Crippen LogP contribution is -2.39. The van der Waals surface area contributed by atoms with Gasteiger partial charge in [-0.1, -0.05) is 30.3 Å². The van der Waals surface area contributed by atoms with Crippen molar-refractivity contribution in [3.05, 3.63) is 41.6 Å². The van der Waals surface area contributed by atoms with Crippen LogP contribution in [0.1, 0.15) is 18.9 Å². The van der Waals surface area contributed by atoms with Gasteiger partial charge >= 0.3 is 0 Å². The first-order valence-corrected chi connectivity index (χ1v) is 9.14. The van der Waals surface area contributed by atoms with Gasteiger partial charge in [0.1, 0.15) is 5.70 Å². The van der Waals surface area contributed by atoms with E-state index in [1.54, 1.807) is 6.08 Å². The number of hydrogen-bond acceptors (Lipinski definition) is 4. The number of benzene rings is 1. The fourth-order valence-corrected chi connectivity index (χ4v) is 3.69. The van der Waals surface area contributed by atoms with Crippen molar-refractivity contribution < 1.29 is 18.0 Å². The molecule has 1 aromatic carbocycles. The van der Waals surface area contributed by atoms with Crippen LogP contribution in [0.5, 0.6) is 0 Å². The zero-order valence-electron chi connectivity index (χ0n) is 13.7. The molecule has 0 aromatic heterocycles. The molecule has 2 N–H and O–H groups in total. The molecule has 1 aliphatic heterocycles. The average molecular weight is 351 g/mol. The summed E-state index contributed by atoms with van der Waals surface area (Å²) in [4.78, 5) is 25.5. The van der Waals surface area contributed by atoms with E-state index in [9.17, 15) is 18.0 Å². The lowest BCUT2D eigenvalue weighted by Gasteiger charge is -2.19. The predicted octanol–water partition coefficient (Wildman–Crippen LogP) is 0.314. The van der Waals surface area contributed by atoms with Gasteiger partial charge in [-0.05, 0) is 25.1 Å². The minimum atomic E-state index is -3.42. The van der Waals surface area contributed by atoms with Crippen LogP contribution in [0.25, 0.3) is 6.08 Å². The number of carbonyl (C=O) groups is 2. The first kappa shape index (κ1) is 18.2. The fourth-order valence-electron chi connectivity index (χ4n) is 2.56. The molecule has 2 amide bonds. The van der Waals surface area contributed by atoms with Crippen molar-refractivity contribution in [2.24, 2.45) is 0 Å². The van der Waals surface area contributed by atoms with E-state index in [-0.39, 0.29) is 24.1 Å². The molecule has 1 saturated heterocycles. The maximum absolute atomic E-state index is 12.7. The Morgan fingerprint density at radius 3 is 2.50 bits per heavy atom. The number of nitrogens with zero attached hydrogens (tertiary/aromatic N) is 1. The zero-order chi connectivity index (χ0) is 17.7. The molecule has 0 saturated carbocycles. The van der Waals surface area contributed by atoms with Gasteiger partial charge in [0.2, 0.25) is 15.9 Å². The second-order valence-electron chi connectivity index (χ2n) is 5.56. The molecule has 1 atom stereocenters. The highest BCUT2D eigenvalue weighted by molar-refractivity contribution is 7.90. The van der Waals surface area contributed by atoms with Gasteiger partial charge in [-0.25, -0.2) is 13.1 Å². The van der Waals surface area contributed by atoms with Crippen molar-refractivity contribution in [2.75, 3.05) is 20.1 Å². The summed E-state index contributed by atoms with van der Waals surface area (Å²) in [7, 11) is -2.06. The third-order valence-corrected chi connectivity index (χ3v) is 5.64. The Morgan fingerprint density at radius 1 is 1.25 bits per heavy atom. The molecule has 24 heavy (non-hydrogen) atoms. The number of amides is 2. The third kappa shape index (κ3) is 4.42. The van der Waals surface area contributed by atoms with Gasteiger partial charge < -0.3 is 10.2 Å². The molecule has 7 nitrogen and oxygen atoms in total. The molecular weight excluding hydrogens is 330 g/mol. The second kappa shape index (κ2) is 7.59. The Bertz CT molecular complexity index is 744. The molecule has 0 aliphatic carbocycles. The third-order valence-electron chi connectivity index (χ3n) is 3.81. The number of likely N-dealkylation sites (tertiary alicyclic amines) is 1. The zero-order valence-corrected chi connectivity index (χ0v) is 14.5. The van der Waals surface area contributed by atoms with Crippen molar-refractivity contribution >= 4 is 27.9 Å². The average Bonchev–Trinajstić information content (AvgIpc) is 3.05. The number of rotatable bonds is 5. The van der Waals surface area contributed by atoms with Crippen LogP contribution in [0.4, 0.5) is 0 Å². The van der Waals surface area contributed by atoms with E-state index < -0.39 is 15.3 Å². The van der Waals surface area contributed by atoms with Crippen molar-refractivity contribution in [1.82, 2.24) is 14.9 Å². The lowest BCUT2D eigenvalue weighted by atomic mass is 10.2. The van der Waals surface area contributed by atoms with Crippen LogP contribution < -0.4 is 10.0 Å². The van der Waals surface area contributed by atoms with E-state index in [1.807, 2.05) is 30.3 Å². The van der Waals surface area contributed by atoms with Gasteiger partial charge in [0.15, 0.2) is 0 Å². The van der Waals surface area contributed by atoms with Gasteiger partial charge in [-0.2, -0.15) is 0 Å². The number of sulfonamides is 1. The molecule has 1 unspecified atom stereocenters. The molecule has 2 rings (SSSR count). The smallest absolute Gasteiger partial charge is 0.270 e. The normalized spacial score (nSPS) is 18.5. The van der Waals surface area contributed by atoms with Gasteiger partial charge in [-0.3, -0.25) is 9.59 Å². The Morgan fingerprint density at radius 2 is 1.92 bits per heavy atom. The van der Waals surface area contributed by atoms with E-state index in [1.165, 1.54) is 18.9 Å². The molecule has 0 radical (unpaired) electrons. The van der Waals surface area contributed by atoms with Gasteiger partial charge in [0.25, 0.3) is 5.91 Å². The number of nitrogens with one attached hydrogen (secondary N) is 2. The lowest BCUT2D eigenvalue weighted by molar-refractivity contribution is -0.128. The van der Waals surface area contributed by atoms with E-state index in [2.05, 4.69) is 10.0 Å². The molecule has 1 fully saturated rings. The highest BCUT2D eigenvalue weighted by Gasteiger charge is 2.35. The van der Waals surface area contributed by atoms with Crippen LogP contribution in [-0.4, -0.2) is 50.5 Å². The minimum Gasteiger partial charge on any atom is -0.336 e. The fraction of sp³-hybridized carbons (Fsp3) is 0.375. The molecule has 8 heteroatoms. The van der Waals surface area contributed by atoms with Crippen LogP contribution in [0.15, 0.2) is 36.0 Å². The van der Waals surface area contributed by atoms with Crippen LogP contribution in [0, 0.1) is 0 Å². The van der Waals surface area contributed by atoms with Crippen LogP contribution in [0.2, 0.25) is 0 Å². The largest absolute Gasteiger partial charge is 0.336 e. The summed E-state index contributed by atoms with van der Waals surface area (Å²) in [6.07, 6.45) is 1.96. The van der Waals surface area contributed by atoms with E-state index >= 15 is 0 Å². The summed E-state index contributed by atoms with van der Waals surface area (Å²) in [5.74, 6) is -0.744. The Hall–Kier alpha value is -2.19.